The summed E-state index contributed by atoms with van der Waals surface area (Å²) >= 11 is 0. The van der Waals surface area contributed by atoms with Gasteiger partial charge in [0.15, 0.2) is 5.82 Å². The standard InChI is InChI=1S/C15H28N4O/c1-4-7-8-9-10-17-14-13(16)15(20-11-5-2)19-12(6-3)18-14/h4-11,16H2,1-3H3,(H,17,18,19). The Balaban J connectivity index is 2.67. The predicted molar refractivity (Wildman–Crippen MR) is 84.2 cm³/mol. The molecule has 0 saturated heterocycles. The van der Waals surface area contributed by atoms with Gasteiger partial charge in [-0.3, -0.25) is 0 Å². The minimum absolute atomic E-state index is 0.509. The van der Waals surface area contributed by atoms with Gasteiger partial charge in [-0.1, -0.05) is 40.0 Å². The van der Waals surface area contributed by atoms with E-state index in [0.717, 1.165) is 31.6 Å². The molecule has 0 fully saturated rings. The van der Waals surface area contributed by atoms with Gasteiger partial charge >= 0.3 is 0 Å². The number of nitrogen functional groups attached to an aromatic ring is 1. The van der Waals surface area contributed by atoms with Crippen molar-refractivity contribution in [2.75, 3.05) is 24.2 Å². The monoisotopic (exact) mass is 280 g/mol. The van der Waals surface area contributed by atoms with Crippen LogP contribution in [0, 0.1) is 0 Å². The highest BCUT2D eigenvalue weighted by Crippen LogP contribution is 2.26. The Bertz CT molecular complexity index is 396. The quantitative estimate of drug-likeness (QED) is 0.643. The van der Waals surface area contributed by atoms with Gasteiger partial charge in [-0.15, -0.1) is 0 Å². The van der Waals surface area contributed by atoms with Crippen molar-refractivity contribution in [3.63, 3.8) is 0 Å². The molecule has 1 aromatic heterocycles. The Morgan fingerprint density at radius 1 is 1.05 bits per heavy atom. The van der Waals surface area contributed by atoms with Crippen LogP contribution in [0.5, 0.6) is 5.88 Å². The topological polar surface area (TPSA) is 73.1 Å². The molecular formula is C15H28N4O. The second-order valence-electron chi connectivity index (χ2n) is 4.90. The summed E-state index contributed by atoms with van der Waals surface area (Å²) in [6.07, 6.45) is 6.58. The van der Waals surface area contributed by atoms with Crippen molar-refractivity contribution < 1.29 is 4.74 Å². The third-order valence-electron chi connectivity index (χ3n) is 3.04. The van der Waals surface area contributed by atoms with Crippen molar-refractivity contribution in [3.05, 3.63) is 5.82 Å². The summed E-state index contributed by atoms with van der Waals surface area (Å²) < 4.78 is 5.60. The number of hydrogen-bond donors (Lipinski definition) is 2. The van der Waals surface area contributed by atoms with E-state index in [1.165, 1.54) is 19.3 Å². The number of unbranched alkanes of at least 4 members (excludes halogenated alkanes) is 3. The number of nitrogens with zero attached hydrogens (tertiary/aromatic N) is 2. The van der Waals surface area contributed by atoms with Gasteiger partial charge in [0.1, 0.15) is 11.5 Å². The zero-order chi connectivity index (χ0) is 14.8. The van der Waals surface area contributed by atoms with Gasteiger partial charge in [-0.05, 0) is 12.8 Å². The van der Waals surface area contributed by atoms with Crippen molar-refractivity contribution >= 4 is 11.5 Å². The first-order chi connectivity index (χ1) is 9.72. The first-order valence-corrected chi connectivity index (χ1v) is 7.75. The molecule has 1 heterocycles. The third-order valence-corrected chi connectivity index (χ3v) is 3.04. The molecule has 0 unspecified atom stereocenters. The molecule has 0 radical (unpaired) electrons. The van der Waals surface area contributed by atoms with Crippen molar-refractivity contribution in [3.8, 4) is 5.88 Å². The fraction of sp³-hybridized carbons (Fsp3) is 0.733. The number of aromatic nitrogens is 2. The second kappa shape index (κ2) is 9.39. The van der Waals surface area contributed by atoms with E-state index < -0.39 is 0 Å². The van der Waals surface area contributed by atoms with Crippen LogP contribution in [0.1, 0.15) is 58.7 Å². The lowest BCUT2D eigenvalue weighted by Gasteiger charge is -2.13. The van der Waals surface area contributed by atoms with Crippen LogP contribution < -0.4 is 15.8 Å². The van der Waals surface area contributed by atoms with E-state index in [0.29, 0.717) is 24.0 Å². The van der Waals surface area contributed by atoms with E-state index in [1.54, 1.807) is 0 Å². The van der Waals surface area contributed by atoms with Gasteiger partial charge in [0, 0.05) is 13.0 Å². The van der Waals surface area contributed by atoms with E-state index in [9.17, 15) is 0 Å². The molecule has 0 spiro atoms. The summed E-state index contributed by atoms with van der Waals surface area (Å²) in [5.41, 5.74) is 6.60. The Morgan fingerprint density at radius 2 is 1.85 bits per heavy atom. The van der Waals surface area contributed by atoms with Crippen molar-refractivity contribution in [2.24, 2.45) is 0 Å². The minimum atomic E-state index is 0.509. The summed E-state index contributed by atoms with van der Waals surface area (Å²) in [7, 11) is 0. The number of nitrogens with one attached hydrogen (secondary N) is 1. The maximum atomic E-state index is 6.08. The van der Waals surface area contributed by atoms with Gasteiger partial charge in [-0.2, -0.15) is 4.98 Å². The van der Waals surface area contributed by atoms with Crippen LogP contribution in [0.3, 0.4) is 0 Å². The molecule has 0 saturated carbocycles. The number of hydrogen-bond acceptors (Lipinski definition) is 5. The smallest absolute Gasteiger partial charge is 0.242 e. The number of ether oxygens (including phenoxy) is 1. The largest absolute Gasteiger partial charge is 0.476 e. The molecule has 0 atom stereocenters. The molecule has 1 aromatic rings. The van der Waals surface area contributed by atoms with Gasteiger partial charge in [0.05, 0.1) is 6.61 Å². The molecule has 0 aromatic carbocycles. The predicted octanol–water partition coefficient (Wildman–Crippen LogP) is 3.40. The highest BCUT2D eigenvalue weighted by atomic mass is 16.5. The molecule has 0 aliphatic carbocycles. The Morgan fingerprint density at radius 3 is 2.50 bits per heavy atom. The summed E-state index contributed by atoms with van der Waals surface area (Å²) in [4.78, 5) is 8.80. The normalized spacial score (nSPS) is 10.6. The fourth-order valence-electron chi connectivity index (χ4n) is 1.85. The van der Waals surface area contributed by atoms with Gasteiger partial charge < -0.3 is 15.8 Å². The van der Waals surface area contributed by atoms with Crippen molar-refractivity contribution in [2.45, 2.75) is 59.3 Å². The molecule has 114 valence electrons. The lowest BCUT2D eigenvalue weighted by Crippen LogP contribution is -2.11. The Kier molecular flexibility index (Phi) is 7.77. The molecule has 0 aliphatic rings. The van der Waals surface area contributed by atoms with E-state index in [1.807, 2.05) is 6.92 Å². The van der Waals surface area contributed by atoms with Crippen LogP contribution in [0.15, 0.2) is 0 Å². The molecule has 5 heteroatoms. The van der Waals surface area contributed by atoms with Gasteiger partial charge in [0.25, 0.3) is 0 Å². The van der Waals surface area contributed by atoms with E-state index in [2.05, 4.69) is 29.1 Å². The minimum Gasteiger partial charge on any atom is -0.476 e. The Hall–Kier alpha value is -1.52. The number of rotatable bonds is 10. The zero-order valence-electron chi connectivity index (χ0n) is 13.0. The van der Waals surface area contributed by atoms with E-state index in [-0.39, 0.29) is 0 Å². The first-order valence-electron chi connectivity index (χ1n) is 7.75. The summed E-state index contributed by atoms with van der Waals surface area (Å²) in [5, 5.41) is 3.31. The van der Waals surface area contributed by atoms with Crippen LogP contribution in [-0.2, 0) is 6.42 Å². The molecule has 3 N–H and O–H groups in total. The highest BCUT2D eigenvalue weighted by molar-refractivity contribution is 5.66. The molecule has 0 amide bonds. The maximum Gasteiger partial charge on any atom is 0.242 e. The molecule has 5 nitrogen and oxygen atoms in total. The molecule has 0 bridgehead atoms. The zero-order valence-corrected chi connectivity index (χ0v) is 13.0. The molecule has 0 aliphatic heterocycles. The maximum absolute atomic E-state index is 6.08. The van der Waals surface area contributed by atoms with Gasteiger partial charge in [-0.25, -0.2) is 4.98 Å². The average Bonchev–Trinajstić information content (AvgIpc) is 2.47. The molecule has 20 heavy (non-hydrogen) atoms. The van der Waals surface area contributed by atoms with Crippen LogP contribution in [-0.4, -0.2) is 23.1 Å². The molecular weight excluding hydrogens is 252 g/mol. The summed E-state index contributed by atoms with van der Waals surface area (Å²) in [6.45, 7) is 7.81. The van der Waals surface area contributed by atoms with Crippen LogP contribution >= 0.6 is 0 Å². The number of anilines is 2. The van der Waals surface area contributed by atoms with Crippen LogP contribution in [0.25, 0.3) is 0 Å². The highest BCUT2D eigenvalue weighted by Gasteiger charge is 2.11. The lowest BCUT2D eigenvalue weighted by atomic mass is 10.2. The third kappa shape index (κ3) is 5.23. The summed E-state index contributed by atoms with van der Waals surface area (Å²) in [6, 6.07) is 0. The Labute approximate surface area is 122 Å². The fourth-order valence-corrected chi connectivity index (χ4v) is 1.85. The van der Waals surface area contributed by atoms with Gasteiger partial charge in [0.2, 0.25) is 5.88 Å². The van der Waals surface area contributed by atoms with E-state index in [4.69, 9.17) is 10.5 Å². The first kappa shape index (κ1) is 16.5. The van der Waals surface area contributed by atoms with Crippen LogP contribution in [0.4, 0.5) is 11.5 Å². The van der Waals surface area contributed by atoms with Crippen molar-refractivity contribution in [1.82, 2.24) is 9.97 Å². The summed E-state index contributed by atoms with van der Waals surface area (Å²) in [5.74, 6) is 1.98. The number of nitrogens with two attached hydrogens (primary N) is 1. The second-order valence-corrected chi connectivity index (χ2v) is 4.90. The SMILES string of the molecule is CCCCCCNc1nc(CC)nc(OCCC)c1N. The number of aryl methyl sites for hydroxylation is 1. The van der Waals surface area contributed by atoms with Crippen molar-refractivity contribution in [1.29, 1.82) is 0 Å². The lowest BCUT2D eigenvalue weighted by molar-refractivity contribution is 0.305. The molecule has 1 rings (SSSR count). The van der Waals surface area contributed by atoms with E-state index >= 15 is 0 Å². The van der Waals surface area contributed by atoms with Crippen LogP contribution in [0.2, 0.25) is 0 Å². The average molecular weight is 280 g/mol.